The van der Waals surface area contributed by atoms with E-state index in [1.807, 2.05) is 24.3 Å². The van der Waals surface area contributed by atoms with Crippen LogP contribution in [0.5, 0.6) is 11.5 Å². The highest BCUT2D eigenvalue weighted by Crippen LogP contribution is 2.41. The summed E-state index contributed by atoms with van der Waals surface area (Å²) >= 11 is 7.24. The molecule has 0 amide bonds. The second kappa shape index (κ2) is 6.68. The summed E-state index contributed by atoms with van der Waals surface area (Å²) < 4.78 is 17.4. The quantitative estimate of drug-likeness (QED) is 0.650. The molecule has 0 N–H and O–H groups in total. The summed E-state index contributed by atoms with van der Waals surface area (Å²) in [7, 11) is 3.25. The van der Waals surface area contributed by atoms with E-state index >= 15 is 0 Å². The summed E-state index contributed by atoms with van der Waals surface area (Å²) in [5.74, 6) is 3.23. The van der Waals surface area contributed by atoms with Crippen LogP contribution in [0.2, 0.25) is 0 Å². The normalized spacial score (nSPS) is 12.2. The summed E-state index contributed by atoms with van der Waals surface area (Å²) in [6.07, 6.45) is 0.882. The average Bonchev–Trinajstić information content (AvgIpc) is 2.95. The number of halogens is 2. The lowest BCUT2D eigenvalue weighted by molar-refractivity contribution is 0.354. The molecule has 0 spiro atoms. The van der Waals surface area contributed by atoms with E-state index in [4.69, 9.17) is 13.9 Å². The third-order valence-corrected chi connectivity index (χ3v) is 4.69. The number of aryl methyl sites for hydroxylation is 1. The number of benzene rings is 1. The lowest BCUT2D eigenvalue weighted by atomic mass is 10.1. The molecule has 1 atom stereocenters. The number of alkyl halides is 1. The largest absolute Gasteiger partial charge is 0.493 e. The van der Waals surface area contributed by atoms with Gasteiger partial charge in [0.15, 0.2) is 11.5 Å². The van der Waals surface area contributed by atoms with Gasteiger partial charge in [-0.1, -0.05) is 38.8 Å². The van der Waals surface area contributed by atoms with Crippen molar-refractivity contribution in [1.29, 1.82) is 0 Å². The Morgan fingerprint density at radius 1 is 1.15 bits per heavy atom. The van der Waals surface area contributed by atoms with E-state index < -0.39 is 0 Å². The maximum absolute atomic E-state index is 5.79. The van der Waals surface area contributed by atoms with Crippen molar-refractivity contribution in [2.24, 2.45) is 0 Å². The van der Waals surface area contributed by atoms with Gasteiger partial charge in [0.25, 0.3) is 0 Å². The van der Waals surface area contributed by atoms with Crippen molar-refractivity contribution in [3.8, 4) is 11.5 Å². The first-order valence-corrected chi connectivity index (χ1v) is 7.95. The third kappa shape index (κ3) is 3.04. The van der Waals surface area contributed by atoms with Gasteiger partial charge in [-0.15, -0.1) is 0 Å². The van der Waals surface area contributed by atoms with Crippen LogP contribution in [0.25, 0.3) is 0 Å². The fourth-order valence-electron chi connectivity index (χ4n) is 1.94. The van der Waals surface area contributed by atoms with Crippen LogP contribution >= 0.6 is 31.9 Å². The third-order valence-electron chi connectivity index (χ3n) is 3.06. The lowest BCUT2D eigenvalue weighted by Crippen LogP contribution is -1.97. The van der Waals surface area contributed by atoms with E-state index in [0.717, 1.165) is 28.0 Å². The first-order valence-electron chi connectivity index (χ1n) is 6.24. The number of rotatable bonds is 5. The van der Waals surface area contributed by atoms with E-state index in [0.29, 0.717) is 11.5 Å². The van der Waals surface area contributed by atoms with Gasteiger partial charge in [-0.05, 0) is 29.8 Å². The molecule has 5 heteroatoms. The fourth-order valence-corrected chi connectivity index (χ4v) is 3.42. The second-order valence-corrected chi connectivity index (χ2v) is 6.02. The molecule has 0 aliphatic heterocycles. The second-order valence-electron chi connectivity index (χ2n) is 4.25. The molecule has 0 fully saturated rings. The zero-order valence-electron chi connectivity index (χ0n) is 11.6. The number of furan rings is 1. The molecule has 0 saturated carbocycles. The summed E-state index contributed by atoms with van der Waals surface area (Å²) in [5, 5.41) is 0. The van der Waals surface area contributed by atoms with Gasteiger partial charge in [-0.2, -0.15) is 0 Å². The van der Waals surface area contributed by atoms with E-state index in [1.54, 1.807) is 14.2 Å². The highest BCUT2D eigenvalue weighted by atomic mass is 79.9. The first-order chi connectivity index (χ1) is 9.60. The van der Waals surface area contributed by atoms with Crippen LogP contribution in [0, 0.1) is 0 Å². The smallest absolute Gasteiger partial charge is 0.161 e. The van der Waals surface area contributed by atoms with Crippen LogP contribution in [-0.4, -0.2) is 14.2 Å². The number of methoxy groups -OCH3 is 2. The monoisotopic (exact) mass is 402 g/mol. The van der Waals surface area contributed by atoms with Gasteiger partial charge < -0.3 is 13.9 Å². The number of hydrogen-bond acceptors (Lipinski definition) is 3. The van der Waals surface area contributed by atoms with Gasteiger partial charge in [-0.25, -0.2) is 0 Å². The highest BCUT2D eigenvalue weighted by Gasteiger charge is 2.20. The van der Waals surface area contributed by atoms with Gasteiger partial charge in [0.2, 0.25) is 0 Å². The summed E-state index contributed by atoms with van der Waals surface area (Å²) in [4.78, 5) is -0.0445. The van der Waals surface area contributed by atoms with Crippen LogP contribution in [0.1, 0.15) is 28.8 Å². The highest BCUT2D eigenvalue weighted by molar-refractivity contribution is 9.11. The van der Waals surface area contributed by atoms with Crippen LogP contribution in [0.4, 0.5) is 0 Å². The molecule has 1 heterocycles. The van der Waals surface area contributed by atoms with Crippen LogP contribution in [0.3, 0.4) is 0 Å². The van der Waals surface area contributed by atoms with E-state index in [1.165, 1.54) is 0 Å². The summed E-state index contributed by atoms with van der Waals surface area (Å²) in [5.41, 5.74) is 1.03. The Morgan fingerprint density at radius 3 is 2.35 bits per heavy atom. The van der Waals surface area contributed by atoms with E-state index in [-0.39, 0.29) is 4.83 Å². The molecule has 1 unspecified atom stereocenters. The maximum Gasteiger partial charge on any atom is 0.161 e. The average molecular weight is 404 g/mol. The minimum Gasteiger partial charge on any atom is -0.493 e. The Hall–Kier alpha value is -0.940. The Morgan fingerprint density at radius 2 is 1.80 bits per heavy atom. The Bertz CT molecular complexity index is 593. The fraction of sp³-hybridized carbons (Fsp3) is 0.333. The van der Waals surface area contributed by atoms with Crippen molar-refractivity contribution < 1.29 is 13.9 Å². The zero-order chi connectivity index (χ0) is 14.7. The van der Waals surface area contributed by atoms with E-state index in [9.17, 15) is 0 Å². The molecule has 1 aromatic heterocycles. The standard InChI is InChI=1S/C15H16Br2O3/c1-4-9-5-6-12(20-9)15(17)10-7-13(18-2)14(19-3)8-11(10)16/h5-8,15H,4H2,1-3H3. The van der Waals surface area contributed by atoms with Crippen molar-refractivity contribution in [3.63, 3.8) is 0 Å². The van der Waals surface area contributed by atoms with Crippen molar-refractivity contribution in [2.45, 2.75) is 18.2 Å². The molecule has 0 radical (unpaired) electrons. The molecule has 2 rings (SSSR count). The minimum atomic E-state index is -0.0445. The molecule has 20 heavy (non-hydrogen) atoms. The molecule has 0 aliphatic rings. The van der Waals surface area contributed by atoms with Crippen molar-refractivity contribution in [2.75, 3.05) is 14.2 Å². The molecular weight excluding hydrogens is 388 g/mol. The van der Waals surface area contributed by atoms with Crippen molar-refractivity contribution >= 4 is 31.9 Å². The summed E-state index contributed by atoms with van der Waals surface area (Å²) in [6, 6.07) is 7.82. The Labute approximate surface area is 135 Å². The Kier molecular flexibility index (Phi) is 5.16. The van der Waals surface area contributed by atoms with Gasteiger partial charge in [0.1, 0.15) is 11.5 Å². The molecule has 2 aromatic rings. The predicted molar refractivity (Wildman–Crippen MR) is 86.1 cm³/mol. The van der Waals surface area contributed by atoms with Gasteiger partial charge >= 0.3 is 0 Å². The zero-order valence-corrected chi connectivity index (χ0v) is 14.7. The molecule has 0 bridgehead atoms. The van der Waals surface area contributed by atoms with Gasteiger partial charge in [-0.3, -0.25) is 0 Å². The lowest BCUT2D eigenvalue weighted by Gasteiger charge is -2.14. The van der Waals surface area contributed by atoms with Gasteiger partial charge in [0, 0.05) is 10.9 Å². The molecule has 0 saturated heterocycles. The molecule has 108 valence electrons. The molecular formula is C15H16Br2O3. The van der Waals surface area contributed by atoms with Crippen LogP contribution in [-0.2, 0) is 6.42 Å². The summed E-state index contributed by atoms with van der Waals surface area (Å²) in [6.45, 7) is 2.07. The predicted octanol–water partition coefficient (Wildman–Crippen LogP) is 5.11. The van der Waals surface area contributed by atoms with Gasteiger partial charge in [0.05, 0.1) is 19.0 Å². The first kappa shape index (κ1) is 15.4. The van der Waals surface area contributed by atoms with Crippen molar-refractivity contribution in [1.82, 2.24) is 0 Å². The van der Waals surface area contributed by atoms with Crippen molar-refractivity contribution in [3.05, 3.63) is 45.8 Å². The SMILES string of the molecule is CCc1ccc(C(Br)c2cc(OC)c(OC)cc2Br)o1. The molecule has 1 aromatic carbocycles. The van der Waals surface area contributed by atoms with Crippen LogP contribution in [0.15, 0.2) is 33.2 Å². The Balaban J connectivity index is 2.40. The maximum atomic E-state index is 5.79. The molecule has 0 aliphatic carbocycles. The number of hydrogen-bond donors (Lipinski definition) is 0. The van der Waals surface area contributed by atoms with Crippen LogP contribution < -0.4 is 9.47 Å². The number of ether oxygens (including phenoxy) is 2. The molecule has 3 nitrogen and oxygen atoms in total. The topological polar surface area (TPSA) is 31.6 Å². The minimum absolute atomic E-state index is 0.0445. The van der Waals surface area contributed by atoms with E-state index in [2.05, 4.69) is 38.8 Å².